The van der Waals surface area contributed by atoms with Crippen LogP contribution in [0.1, 0.15) is 18.1 Å². The lowest BCUT2D eigenvalue weighted by Gasteiger charge is -2.21. The molecule has 0 unspecified atom stereocenters. The highest BCUT2D eigenvalue weighted by Crippen LogP contribution is 2.12. The number of para-hydroxylation sites is 1. The first-order valence-corrected chi connectivity index (χ1v) is 7.58. The highest BCUT2D eigenvalue weighted by atomic mass is 16.2. The quantitative estimate of drug-likeness (QED) is 0.891. The van der Waals surface area contributed by atoms with Crippen LogP contribution >= 0.6 is 0 Å². The number of carbonyl (C=O) groups is 2. The fourth-order valence-corrected chi connectivity index (χ4v) is 2.23. The molecule has 120 valence electrons. The van der Waals surface area contributed by atoms with Crippen LogP contribution in [-0.2, 0) is 17.8 Å². The zero-order valence-corrected chi connectivity index (χ0v) is 13.2. The van der Waals surface area contributed by atoms with E-state index < -0.39 is 11.9 Å². The molecule has 23 heavy (non-hydrogen) atoms. The van der Waals surface area contributed by atoms with Crippen LogP contribution in [0.15, 0.2) is 54.6 Å². The topological polar surface area (TPSA) is 75.4 Å². The lowest BCUT2D eigenvalue weighted by Crippen LogP contribution is -2.42. The van der Waals surface area contributed by atoms with Crippen molar-refractivity contribution in [3.8, 4) is 0 Å². The molecule has 0 spiro atoms. The Labute approximate surface area is 136 Å². The first kappa shape index (κ1) is 16.7. The van der Waals surface area contributed by atoms with Gasteiger partial charge in [0, 0.05) is 5.69 Å². The second kappa shape index (κ2) is 8.10. The number of amides is 3. The molecular weight excluding hydrogens is 290 g/mol. The molecule has 5 nitrogen and oxygen atoms in total. The van der Waals surface area contributed by atoms with Crippen LogP contribution in [0.25, 0.3) is 0 Å². The Morgan fingerprint density at radius 2 is 1.74 bits per heavy atom. The van der Waals surface area contributed by atoms with Crippen LogP contribution < -0.4 is 11.1 Å². The van der Waals surface area contributed by atoms with E-state index in [1.807, 2.05) is 42.5 Å². The van der Waals surface area contributed by atoms with Gasteiger partial charge in [-0.15, -0.1) is 0 Å². The standard InChI is InChI=1S/C18H21N3O2/c1-2-14-7-6-8-15(11-14)13-21(17(22)12-19)18(23)20-16-9-4-3-5-10-16/h3-11H,2,12-13,19H2,1H3,(H,20,23). The zero-order valence-electron chi connectivity index (χ0n) is 13.2. The van der Waals surface area contributed by atoms with Crippen molar-refractivity contribution in [2.75, 3.05) is 11.9 Å². The van der Waals surface area contributed by atoms with Crippen LogP contribution in [0.4, 0.5) is 10.5 Å². The second-order valence-corrected chi connectivity index (χ2v) is 5.15. The van der Waals surface area contributed by atoms with Crippen LogP contribution in [0.3, 0.4) is 0 Å². The molecule has 0 heterocycles. The van der Waals surface area contributed by atoms with Crippen molar-refractivity contribution < 1.29 is 9.59 Å². The van der Waals surface area contributed by atoms with Gasteiger partial charge in [0.15, 0.2) is 0 Å². The first-order chi connectivity index (χ1) is 11.1. The monoisotopic (exact) mass is 311 g/mol. The van der Waals surface area contributed by atoms with E-state index in [0.29, 0.717) is 5.69 Å². The molecule has 0 aliphatic rings. The number of benzene rings is 2. The van der Waals surface area contributed by atoms with Crippen molar-refractivity contribution in [2.24, 2.45) is 5.73 Å². The minimum absolute atomic E-state index is 0.197. The molecule has 0 fully saturated rings. The molecule has 3 N–H and O–H groups in total. The summed E-state index contributed by atoms with van der Waals surface area (Å²) in [6.07, 6.45) is 0.898. The number of urea groups is 1. The molecule has 5 heteroatoms. The van der Waals surface area contributed by atoms with Crippen LogP contribution in [0, 0.1) is 0 Å². The van der Waals surface area contributed by atoms with Gasteiger partial charge in [-0.25, -0.2) is 4.79 Å². The summed E-state index contributed by atoms with van der Waals surface area (Å²) in [6.45, 7) is 2.04. The number of imide groups is 1. The Kier molecular flexibility index (Phi) is 5.88. The number of carbonyl (C=O) groups excluding carboxylic acids is 2. The molecule has 0 radical (unpaired) electrons. The number of nitrogens with zero attached hydrogens (tertiary/aromatic N) is 1. The predicted octanol–water partition coefficient (Wildman–Crippen LogP) is 2.77. The number of rotatable bonds is 5. The smallest absolute Gasteiger partial charge is 0.322 e. The van der Waals surface area contributed by atoms with E-state index in [1.54, 1.807) is 12.1 Å². The number of nitrogens with one attached hydrogen (secondary N) is 1. The third kappa shape index (κ3) is 4.66. The maximum atomic E-state index is 12.4. The molecule has 3 amide bonds. The van der Waals surface area contributed by atoms with E-state index in [-0.39, 0.29) is 13.1 Å². The highest BCUT2D eigenvalue weighted by molar-refractivity contribution is 6.01. The Morgan fingerprint density at radius 3 is 2.39 bits per heavy atom. The Hall–Kier alpha value is -2.66. The Balaban J connectivity index is 2.16. The zero-order chi connectivity index (χ0) is 16.7. The number of hydrogen-bond acceptors (Lipinski definition) is 3. The predicted molar refractivity (Wildman–Crippen MR) is 90.9 cm³/mol. The molecule has 0 aromatic heterocycles. The van der Waals surface area contributed by atoms with Crippen molar-refractivity contribution in [3.63, 3.8) is 0 Å². The van der Waals surface area contributed by atoms with Gasteiger partial charge in [0.25, 0.3) is 0 Å². The number of anilines is 1. The van der Waals surface area contributed by atoms with E-state index >= 15 is 0 Å². The average molecular weight is 311 g/mol. The lowest BCUT2D eigenvalue weighted by atomic mass is 10.1. The number of nitrogens with two attached hydrogens (primary N) is 1. The summed E-state index contributed by atoms with van der Waals surface area (Å²) in [5.74, 6) is -0.416. The summed E-state index contributed by atoms with van der Waals surface area (Å²) in [4.78, 5) is 25.6. The molecule has 2 aromatic rings. The SMILES string of the molecule is CCc1cccc(CN(C(=O)CN)C(=O)Nc2ccccc2)c1. The third-order valence-electron chi connectivity index (χ3n) is 3.49. The maximum Gasteiger partial charge on any atom is 0.328 e. The van der Waals surface area contributed by atoms with Gasteiger partial charge in [-0.2, -0.15) is 0 Å². The molecule has 0 bridgehead atoms. The van der Waals surface area contributed by atoms with Crippen LogP contribution in [0.2, 0.25) is 0 Å². The molecule has 2 rings (SSSR count). The Morgan fingerprint density at radius 1 is 1.04 bits per heavy atom. The number of hydrogen-bond donors (Lipinski definition) is 2. The van der Waals surface area contributed by atoms with Crippen molar-refractivity contribution >= 4 is 17.6 Å². The lowest BCUT2D eigenvalue weighted by molar-refractivity contribution is -0.127. The van der Waals surface area contributed by atoms with Gasteiger partial charge in [0.1, 0.15) is 0 Å². The maximum absolute atomic E-state index is 12.4. The molecule has 0 saturated carbocycles. The minimum atomic E-state index is -0.478. The summed E-state index contributed by atoms with van der Waals surface area (Å²) in [5.41, 5.74) is 8.13. The third-order valence-corrected chi connectivity index (χ3v) is 3.49. The van der Waals surface area contributed by atoms with Crippen molar-refractivity contribution in [1.82, 2.24) is 4.90 Å². The summed E-state index contributed by atoms with van der Waals surface area (Å²) < 4.78 is 0. The van der Waals surface area contributed by atoms with Gasteiger partial charge < -0.3 is 11.1 Å². The first-order valence-electron chi connectivity index (χ1n) is 7.58. The van der Waals surface area contributed by atoms with Gasteiger partial charge in [-0.3, -0.25) is 9.69 Å². The summed E-state index contributed by atoms with van der Waals surface area (Å²) >= 11 is 0. The molecule has 0 atom stereocenters. The second-order valence-electron chi connectivity index (χ2n) is 5.15. The largest absolute Gasteiger partial charge is 0.328 e. The van der Waals surface area contributed by atoms with Gasteiger partial charge in [-0.1, -0.05) is 49.4 Å². The van der Waals surface area contributed by atoms with Crippen molar-refractivity contribution in [2.45, 2.75) is 19.9 Å². The van der Waals surface area contributed by atoms with E-state index in [9.17, 15) is 9.59 Å². The van der Waals surface area contributed by atoms with Crippen LogP contribution in [-0.4, -0.2) is 23.4 Å². The molecule has 2 aromatic carbocycles. The molecule has 0 aliphatic carbocycles. The normalized spacial score (nSPS) is 10.2. The van der Waals surface area contributed by atoms with Crippen LogP contribution in [0.5, 0.6) is 0 Å². The highest BCUT2D eigenvalue weighted by Gasteiger charge is 2.20. The van der Waals surface area contributed by atoms with E-state index in [0.717, 1.165) is 22.4 Å². The molecule has 0 saturated heterocycles. The van der Waals surface area contributed by atoms with E-state index in [1.165, 1.54) is 0 Å². The fraction of sp³-hybridized carbons (Fsp3) is 0.222. The summed E-state index contributed by atoms with van der Waals surface area (Å²) in [6, 6.07) is 16.4. The van der Waals surface area contributed by atoms with Crippen molar-refractivity contribution in [3.05, 3.63) is 65.7 Å². The molecule has 0 aliphatic heterocycles. The fourth-order valence-electron chi connectivity index (χ4n) is 2.23. The minimum Gasteiger partial charge on any atom is -0.322 e. The van der Waals surface area contributed by atoms with Gasteiger partial charge in [0.05, 0.1) is 13.1 Å². The molecular formula is C18H21N3O2. The number of aryl methyl sites for hydroxylation is 1. The van der Waals surface area contributed by atoms with Gasteiger partial charge in [0.2, 0.25) is 5.91 Å². The van der Waals surface area contributed by atoms with E-state index in [2.05, 4.69) is 12.2 Å². The summed E-state index contributed by atoms with van der Waals surface area (Å²) in [7, 11) is 0. The van der Waals surface area contributed by atoms with Gasteiger partial charge >= 0.3 is 6.03 Å². The van der Waals surface area contributed by atoms with Gasteiger partial charge in [-0.05, 0) is 29.7 Å². The average Bonchev–Trinajstić information content (AvgIpc) is 2.60. The van der Waals surface area contributed by atoms with Crippen molar-refractivity contribution in [1.29, 1.82) is 0 Å². The summed E-state index contributed by atoms with van der Waals surface area (Å²) in [5, 5.41) is 2.72. The Bertz CT molecular complexity index is 671. The van der Waals surface area contributed by atoms with E-state index in [4.69, 9.17) is 5.73 Å².